The Morgan fingerprint density at radius 1 is 1.04 bits per heavy atom. The van der Waals surface area contributed by atoms with E-state index in [4.69, 9.17) is 9.15 Å². The van der Waals surface area contributed by atoms with Gasteiger partial charge in [0.15, 0.2) is 11.4 Å². The topological polar surface area (TPSA) is 128 Å². The second kappa shape index (κ2) is 13.6. The quantitative estimate of drug-likeness (QED) is 0.147. The van der Waals surface area contributed by atoms with Crippen molar-refractivity contribution in [2.75, 3.05) is 12.3 Å². The number of carbonyl (C=O) groups is 2. The SMILES string of the molecule is O=C(C=Cc1ccc(F)cc1CC12CCC1(c1nc(C(=O)NCCCCC3CCCCC3)co1)C1CCC2O1)NS(=O)(=O)CC(F)(F)F. The number of nitrogens with one attached hydrogen (secondary N) is 2. The summed E-state index contributed by atoms with van der Waals surface area (Å²) in [4.78, 5) is 29.9. The van der Waals surface area contributed by atoms with Gasteiger partial charge in [0.25, 0.3) is 11.8 Å². The molecule has 262 valence electrons. The molecule has 4 unspecified atom stereocenters. The summed E-state index contributed by atoms with van der Waals surface area (Å²) in [6.45, 7) is 0.554. The van der Waals surface area contributed by atoms with Crippen molar-refractivity contribution >= 4 is 27.9 Å². The first-order valence-electron chi connectivity index (χ1n) is 16.8. The Kier molecular flexibility index (Phi) is 9.78. The Morgan fingerprint density at radius 2 is 1.81 bits per heavy atom. The van der Waals surface area contributed by atoms with Crippen molar-refractivity contribution in [1.29, 1.82) is 0 Å². The summed E-state index contributed by atoms with van der Waals surface area (Å²) >= 11 is 0. The molecule has 3 heterocycles. The maximum Gasteiger partial charge on any atom is 0.404 e. The molecule has 2 aliphatic heterocycles. The average molecular weight is 696 g/mol. The summed E-state index contributed by atoms with van der Waals surface area (Å²) in [6.07, 6.45) is 11.0. The van der Waals surface area contributed by atoms with Gasteiger partial charge in [0.05, 0.1) is 17.6 Å². The molecule has 14 heteroatoms. The molecule has 1 aromatic heterocycles. The van der Waals surface area contributed by atoms with Crippen LogP contribution in [0.1, 0.15) is 105 Å². The molecule has 4 aliphatic rings. The minimum atomic E-state index is -5.02. The van der Waals surface area contributed by atoms with Crippen molar-refractivity contribution in [2.24, 2.45) is 11.3 Å². The van der Waals surface area contributed by atoms with Crippen LogP contribution in [0.3, 0.4) is 0 Å². The first-order chi connectivity index (χ1) is 22.8. The van der Waals surface area contributed by atoms with Gasteiger partial charge in [0, 0.05) is 18.0 Å². The molecule has 2 saturated carbocycles. The number of ether oxygens (including phenoxy) is 1. The van der Waals surface area contributed by atoms with Crippen molar-refractivity contribution in [3.05, 3.63) is 59.1 Å². The van der Waals surface area contributed by atoms with E-state index in [1.165, 1.54) is 73.8 Å². The average Bonchev–Trinajstić information content (AvgIpc) is 3.72. The molecule has 2 saturated heterocycles. The monoisotopic (exact) mass is 695 g/mol. The highest BCUT2D eigenvalue weighted by molar-refractivity contribution is 7.90. The molecule has 4 fully saturated rings. The Balaban J connectivity index is 1.14. The van der Waals surface area contributed by atoms with Gasteiger partial charge in [0.1, 0.15) is 12.1 Å². The third kappa shape index (κ3) is 7.05. The fourth-order valence-corrected chi connectivity index (χ4v) is 9.49. The van der Waals surface area contributed by atoms with E-state index < -0.39 is 44.5 Å². The lowest BCUT2D eigenvalue weighted by molar-refractivity contribution is -0.115. The third-order valence-electron chi connectivity index (χ3n) is 10.8. The number of halogens is 4. The molecular weight excluding hydrogens is 654 g/mol. The van der Waals surface area contributed by atoms with Crippen LogP contribution >= 0.6 is 0 Å². The second-order valence-corrected chi connectivity index (χ2v) is 15.5. The molecule has 2 N–H and O–H groups in total. The van der Waals surface area contributed by atoms with Crippen LogP contribution < -0.4 is 10.0 Å². The number of benzene rings is 1. The van der Waals surface area contributed by atoms with Crippen LogP contribution in [0.15, 0.2) is 35.0 Å². The van der Waals surface area contributed by atoms with Gasteiger partial charge in [-0.05, 0) is 73.8 Å². The Labute approximate surface area is 277 Å². The number of hydrogen-bond acceptors (Lipinski definition) is 7. The van der Waals surface area contributed by atoms with Gasteiger partial charge < -0.3 is 14.5 Å². The normalized spacial score (nSPS) is 27.2. The van der Waals surface area contributed by atoms with Crippen molar-refractivity contribution in [1.82, 2.24) is 15.0 Å². The Hall–Kier alpha value is -3.26. The van der Waals surface area contributed by atoms with E-state index in [1.807, 2.05) is 0 Å². The van der Waals surface area contributed by atoms with Crippen LogP contribution in [0.25, 0.3) is 6.08 Å². The van der Waals surface area contributed by atoms with Crippen LogP contribution in [0.4, 0.5) is 17.6 Å². The maximum absolute atomic E-state index is 14.6. The van der Waals surface area contributed by atoms with E-state index >= 15 is 0 Å². The number of amides is 2. The van der Waals surface area contributed by atoms with Gasteiger partial charge in [-0.1, -0.05) is 51.0 Å². The fourth-order valence-electron chi connectivity index (χ4n) is 8.61. The van der Waals surface area contributed by atoms with Gasteiger partial charge in [-0.15, -0.1) is 0 Å². The fraction of sp³-hybridized carbons (Fsp3) is 0.618. The van der Waals surface area contributed by atoms with Gasteiger partial charge in [-0.25, -0.2) is 22.5 Å². The second-order valence-electron chi connectivity index (χ2n) is 13.8. The molecule has 6 rings (SSSR count). The molecule has 48 heavy (non-hydrogen) atoms. The van der Waals surface area contributed by atoms with E-state index in [-0.39, 0.29) is 23.8 Å². The van der Waals surface area contributed by atoms with Crippen LogP contribution in [-0.2, 0) is 31.4 Å². The van der Waals surface area contributed by atoms with Crippen LogP contribution in [0.2, 0.25) is 0 Å². The minimum absolute atomic E-state index is 0.180. The maximum atomic E-state index is 14.6. The first-order valence-corrected chi connectivity index (χ1v) is 18.4. The third-order valence-corrected chi connectivity index (χ3v) is 12.1. The number of fused-ring (bicyclic) bond motifs is 5. The minimum Gasteiger partial charge on any atom is -0.447 e. The molecule has 0 spiro atoms. The highest BCUT2D eigenvalue weighted by atomic mass is 32.2. The van der Waals surface area contributed by atoms with Crippen molar-refractivity contribution in [3.63, 3.8) is 0 Å². The van der Waals surface area contributed by atoms with Gasteiger partial charge in [-0.3, -0.25) is 9.59 Å². The summed E-state index contributed by atoms with van der Waals surface area (Å²) in [5.74, 6) is -3.08. The molecule has 2 bridgehead atoms. The summed E-state index contributed by atoms with van der Waals surface area (Å²) in [7, 11) is -4.95. The number of oxazole rings is 1. The summed E-state index contributed by atoms with van der Waals surface area (Å²) in [5, 5.41) is 2.96. The van der Waals surface area contributed by atoms with Crippen LogP contribution in [-0.4, -0.2) is 55.9 Å². The lowest BCUT2D eigenvalue weighted by Gasteiger charge is -2.58. The number of sulfonamides is 1. The number of hydrogen-bond donors (Lipinski definition) is 2. The lowest BCUT2D eigenvalue weighted by atomic mass is 9.42. The number of carbonyl (C=O) groups excluding carboxylic acids is 2. The van der Waals surface area contributed by atoms with E-state index in [0.29, 0.717) is 36.4 Å². The molecule has 2 amide bonds. The van der Waals surface area contributed by atoms with Gasteiger partial charge >= 0.3 is 6.18 Å². The zero-order valence-corrected chi connectivity index (χ0v) is 27.4. The van der Waals surface area contributed by atoms with Crippen LogP contribution in [0.5, 0.6) is 0 Å². The van der Waals surface area contributed by atoms with E-state index in [2.05, 4.69) is 10.3 Å². The summed E-state index contributed by atoms with van der Waals surface area (Å²) in [6, 6.07) is 3.93. The summed E-state index contributed by atoms with van der Waals surface area (Å²) < 4.78 is 89.6. The molecule has 9 nitrogen and oxygen atoms in total. The van der Waals surface area contributed by atoms with E-state index in [1.54, 1.807) is 0 Å². The standard InChI is InChI=1S/C34H41F4N3O6S/c35-25-11-9-23(10-14-29(42)41-48(44,45)21-34(36,37)38)24(18-25)19-32-15-16-33(32,28-13-12-27(32)47-28)31-40-26(20-46-31)30(43)39-17-5-4-8-22-6-2-1-3-7-22/h9-11,14,18,20,22,27-28H,1-8,12-13,15-17,19,21H2,(H,39,43)(H,41,42). The smallest absolute Gasteiger partial charge is 0.404 e. The zero-order chi connectivity index (χ0) is 34.2. The largest absolute Gasteiger partial charge is 0.447 e. The zero-order valence-electron chi connectivity index (χ0n) is 26.6. The van der Waals surface area contributed by atoms with Crippen molar-refractivity contribution in [2.45, 2.75) is 107 Å². The molecule has 1 aromatic carbocycles. The van der Waals surface area contributed by atoms with Crippen molar-refractivity contribution < 1.29 is 44.7 Å². The van der Waals surface area contributed by atoms with Crippen LogP contribution in [0, 0.1) is 17.2 Å². The molecule has 4 atom stereocenters. The van der Waals surface area contributed by atoms with Crippen molar-refractivity contribution in [3.8, 4) is 0 Å². The number of rotatable bonds is 13. The van der Waals surface area contributed by atoms with E-state index in [0.717, 1.165) is 44.1 Å². The Morgan fingerprint density at radius 3 is 2.54 bits per heavy atom. The molecule has 0 radical (unpaired) electrons. The number of alkyl halides is 3. The molecule has 2 aliphatic carbocycles. The summed E-state index contributed by atoms with van der Waals surface area (Å²) in [5.41, 5.74) is -0.0902. The predicted molar refractivity (Wildman–Crippen MR) is 168 cm³/mol. The lowest BCUT2D eigenvalue weighted by Crippen LogP contribution is -2.62. The van der Waals surface area contributed by atoms with Gasteiger partial charge in [0.2, 0.25) is 15.9 Å². The Bertz CT molecular complexity index is 1650. The molecule has 2 aromatic rings. The highest BCUT2D eigenvalue weighted by Crippen LogP contribution is 2.72. The highest BCUT2D eigenvalue weighted by Gasteiger charge is 2.76. The van der Waals surface area contributed by atoms with Gasteiger partial charge in [-0.2, -0.15) is 13.2 Å². The predicted octanol–water partition coefficient (Wildman–Crippen LogP) is 6.14. The number of unbranched alkanes of at least 4 members (excludes halogenated alkanes) is 1. The molecular formula is C34H41F4N3O6S. The number of nitrogens with zero attached hydrogens (tertiary/aromatic N) is 1. The van der Waals surface area contributed by atoms with E-state index in [9.17, 15) is 35.6 Å². The first kappa shape index (κ1) is 34.6. The number of aromatic nitrogens is 1.